The lowest BCUT2D eigenvalue weighted by Gasteiger charge is -2.22. The van der Waals surface area contributed by atoms with E-state index in [1.54, 1.807) is 48.5 Å². The van der Waals surface area contributed by atoms with Gasteiger partial charge in [0.2, 0.25) is 0 Å². The van der Waals surface area contributed by atoms with Crippen molar-refractivity contribution in [3.8, 4) is 22.3 Å². The fraction of sp³-hybridized carbons (Fsp3) is 0. The lowest BCUT2D eigenvalue weighted by molar-refractivity contribution is 0.100. The van der Waals surface area contributed by atoms with E-state index >= 15 is 0 Å². The molecule has 36 heavy (non-hydrogen) atoms. The van der Waals surface area contributed by atoms with E-state index in [0.717, 1.165) is 11.1 Å². The Morgan fingerprint density at radius 3 is 1.22 bits per heavy atom. The van der Waals surface area contributed by atoms with Gasteiger partial charge in [-0.15, -0.1) is 0 Å². The van der Waals surface area contributed by atoms with Crippen LogP contribution in [0.3, 0.4) is 0 Å². The maximum Gasteiger partial charge on any atom is 0.195 e. The number of ketones is 2. The van der Waals surface area contributed by atoms with Crippen LogP contribution in [0.15, 0.2) is 121 Å². The van der Waals surface area contributed by atoms with E-state index in [2.05, 4.69) is 0 Å². The summed E-state index contributed by atoms with van der Waals surface area (Å²) in [5.41, 5.74) is 3.94. The Hall–Kier alpha value is -3.98. The Kier molecular flexibility index (Phi) is 6.81. The molecule has 0 aliphatic rings. The fourth-order valence-electron chi connectivity index (χ4n) is 4.37. The van der Waals surface area contributed by atoms with Gasteiger partial charge in [-0.1, -0.05) is 145 Å². The molecule has 174 valence electrons. The molecule has 0 saturated heterocycles. The van der Waals surface area contributed by atoms with Crippen LogP contribution in [0.5, 0.6) is 0 Å². The van der Waals surface area contributed by atoms with Crippen molar-refractivity contribution in [2.24, 2.45) is 0 Å². The predicted molar refractivity (Wildman–Crippen MR) is 147 cm³/mol. The van der Waals surface area contributed by atoms with Gasteiger partial charge in [0.15, 0.2) is 11.6 Å². The second-order valence-corrected chi connectivity index (χ2v) is 9.01. The van der Waals surface area contributed by atoms with Gasteiger partial charge < -0.3 is 0 Å². The van der Waals surface area contributed by atoms with E-state index in [1.165, 1.54) is 0 Å². The number of carbonyl (C=O) groups is 2. The monoisotopic (exact) mass is 506 g/mol. The van der Waals surface area contributed by atoms with Gasteiger partial charge in [-0.2, -0.15) is 0 Å². The lowest BCUT2D eigenvalue weighted by atomic mass is 9.82. The zero-order chi connectivity index (χ0) is 25.1. The highest BCUT2D eigenvalue weighted by Crippen LogP contribution is 2.47. The van der Waals surface area contributed by atoms with Crippen LogP contribution < -0.4 is 0 Å². The van der Waals surface area contributed by atoms with Crippen LogP contribution in [0, 0.1) is 0 Å². The summed E-state index contributed by atoms with van der Waals surface area (Å²) in [5.74, 6) is -0.664. The number of halogens is 2. The zero-order valence-electron chi connectivity index (χ0n) is 19.1. The van der Waals surface area contributed by atoms with Gasteiger partial charge >= 0.3 is 0 Å². The Labute approximate surface area is 219 Å². The molecule has 0 atom stereocenters. The normalized spacial score (nSPS) is 10.7. The number of carbonyl (C=O) groups excluding carboxylic acids is 2. The Morgan fingerprint density at radius 1 is 0.417 bits per heavy atom. The molecule has 0 saturated carbocycles. The van der Waals surface area contributed by atoms with Crippen LogP contribution in [0.25, 0.3) is 22.3 Å². The molecule has 0 aromatic heterocycles. The van der Waals surface area contributed by atoms with Crippen LogP contribution in [0.1, 0.15) is 31.8 Å². The molecule has 0 amide bonds. The fourth-order valence-corrected chi connectivity index (χ4v) is 4.94. The van der Waals surface area contributed by atoms with Gasteiger partial charge in [0.1, 0.15) is 0 Å². The van der Waals surface area contributed by atoms with Gasteiger partial charge in [-0.25, -0.2) is 0 Å². The Balaban J connectivity index is 1.95. The number of hydrogen-bond acceptors (Lipinski definition) is 2. The van der Waals surface area contributed by atoms with Crippen molar-refractivity contribution >= 4 is 34.8 Å². The van der Waals surface area contributed by atoms with E-state index in [1.807, 2.05) is 72.8 Å². The summed E-state index contributed by atoms with van der Waals surface area (Å²) in [6.45, 7) is 0. The third kappa shape index (κ3) is 4.37. The number of rotatable bonds is 6. The minimum Gasteiger partial charge on any atom is -0.289 e. The molecular formula is C32H20Cl2O2. The van der Waals surface area contributed by atoms with Crippen LogP contribution in [0.2, 0.25) is 10.0 Å². The van der Waals surface area contributed by atoms with Crippen LogP contribution in [-0.2, 0) is 0 Å². The quantitative estimate of drug-likeness (QED) is 0.215. The topological polar surface area (TPSA) is 34.1 Å². The molecule has 4 heteroatoms. The van der Waals surface area contributed by atoms with Crippen molar-refractivity contribution in [1.29, 1.82) is 0 Å². The minimum atomic E-state index is -0.362. The van der Waals surface area contributed by atoms with Gasteiger partial charge in [0.25, 0.3) is 0 Å². The summed E-state index contributed by atoms with van der Waals surface area (Å²) in [7, 11) is 0. The maximum atomic E-state index is 14.2. The summed E-state index contributed by atoms with van der Waals surface area (Å²) in [6, 6.07) is 36.7. The van der Waals surface area contributed by atoms with Crippen LogP contribution in [0.4, 0.5) is 0 Å². The van der Waals surface area contributed by atoms with Crippen molar-refractivity contribution in [1.82, 2.24) is 0 Å². The van der Waals surface area contributed by atoms with Crippen molar-refractivity contribution in [2.45, 2.75) is 0 Å². The minimum absolute atomic E-state index is 0.0586. The van der Waals surface area contributed by atoms with Crippen molar-refractivity contribution in [2.75, 3.05) is 0 Å². The Morgan fingerprint density at radius 2 is 0.778 bits per heavy atom. The average molecular weight is 507 g/mol. The van der Waals surface area contributed by atoms with E-state index < -0.39 is 0 Å². The molecular weight excluding hydrogens is 487 g/mol. The van der Waals surface area contributed by atoms with Crippen molar-refractivity contribution in [3.05, 3.63) is 154 Å². The molecule has 0 radical (unpaired) electrons. The highest BCUT2D eigenvalue weighted by molar-refractivity contribution is 6.48. The van der Waals surface area contributed by atoms with Gasteiger partial charge in [-0.3, -0.25) is 9.59 Å². The maximum absolute atomic E-state index is 14.2. The molecule has 2 nitrogen and oxygen atoms in total. The zero-order valence-corrected chi connectivity index (χ0v) is 20.6. The first-order valence-corrected chi connectivity index (χ1v) is 12.2. The molecule has 0 aliphatic carbocycles. The highest BCUT2D eigenvalue weighted by atomic mass is 35.5. The van der Waals surface area contributed by atoms with E-state index in [-0.39, 0.29) is 32.7 Å². The number of hydrogen-bond donors (Lipinski definition) is 0. The highest BCUT2D eigenvalue weighted by Gasteiger charge is 2.32. The summed E-state index contributed by atoms with van der Waals surface area (Å²) in [5, 5.41) is 0.286. The van der Waals surface area contributed by atoms with Crippen LogP contribution in [-0.4, -0.2) is 11.6 Å². The number of benzene rings is 5. The molecule has 5 aromatic carbocycles. The first kappa shape index (κ1) is 23.7. The summed E-state index contributed by atoms with van der Waals surface area (Å²) >= 11 is 13.8. The second-order valence-electron chi connectivity index (χ2n) is 8.25. The van der Waals surface area contributed by atoms with Gasteiger partial charge in [-0.05, 0) is 11.1 Å². The lowest BCUT2D eigenvalue weighted by Crippen LogP contribution is -2.15. The van der Waals surface area contributed by atoms with Crippen molar-refractivity contribution < 1.29 is 9.59 Å². The Bertz CT molecular complexity index is 1550. The van der Waals surface area contributed by atoms with E-state index in [4.69, 9.17) is 23.2 Å². The van der Waals surface area contributed by atoms with Gasteiger partial charge in [0.05, 0.1) is 15.6 Å². The molecule has 0 aliphatic heterocycles. The first-order valence-electron chi connectivity index (χ1n) is 11.4. The van der Waals surface area contributed by atoms with Gasteiger partial charge in [0, 0.05) is 27.8 Å². The first-order chi connectivity index (χ1) is 17.6. The summed E-state index contributed by atoms with van der Waals surface area (Å²) in [6.07, 6.45) is 0. The molecule has 0 heterocycles. The summed E-state index contributed by atoms with van der Waals surface area (Å²) < 4.78 is 0. The molecule has 0 unspecified atom stereocenters. The van der Waals surface area contributed by atoms with E-state index in [9.17, 15) is 9.59 Å². The van der Waals surface area contributed by atoms with Crippen LogP contribution >= 0.6 is 23.2 Å². The molecule has 0 bridgehead atoms. The largest absolute Gasteiger partial charge is 0.289 e. The SMILES string of the molecule is O=C(c1ccccc1)c1c(Cl)c(Cl)c(-c2ccccc2)c(-c2ccccc2)c1C(=O)c1ccccc1. The molecule has 0 spiro atoms. The molecule has 0 N–H and O–H groups in total. The molecule has 0 fully saturated rings. The third-order valence-corrected chi connectivity index (χ3v) is 6.89. The smallest absolute Gasteiger partial charge is 0.195 e. The molecule has 5 aromatic rings. The van der Waals surface area contributed by atoms with E-state index in [0.29, 0.717) is 22.3 Å². The second kappa shape index (κ2) is 10.3. The molecule has 5 rings (SSSR count). The average Bonchev–Trinajstić information content (AvgIpc) is 2.95. The third-order valence-electron chi connectivity index (χ3n) is 6.03. The van der Waals surface area contributed by atoms with Crippen molar-refractivity contribution in [3.63, 3.8) is 0 Å². The standard InChI is InChI=1S/C32H20Cl2O2/c33-29-26(22-15-7-2-8-16-22)25(21-13-5-1-6-14-21)27(31(35)23-17-9-3-10-18-23)28(30(29)34)32(36)24-19-11-4-12-20-24/h1-20H. The summed E-state index contributed by atoms with van der Waals surface area (Å²) in [4.78, 5) is 28.1. The predicted octanol–water partition coefficient (Wildman–Crippen LogP) is 8.79.